The zero-order chi connectivity index (χ0) is 14.5. The van der Waals surface area contributed by atoms with Gasteiger partial charge in [0.15, 0.2) is 0 Å². The first kappa shape index (κ1) is 15.8. The highest BCUT2D eigenvalue weighted by atomic mass is 16.2. The lowest BCUT2D eigenvalue weighted by atomic mass is 9.89. The van der Waals surface area contributed by atoms with Crippen molar-refractivity contribution in [1.29, 1.82) is 0 Å². The molecule has 2 atom stereocenters. The minimum atomic E-state index is 0.234. The van der Waals surface area contributed by atoms with Crippen LogP contribution in [0.3, 0.4) is 0 Å². The topological polar surface area (TPSA) is 32.3 Å². The molecule has 0 radical (unpaired) electrons. The van der Waals surface area contributed by atoms with E-state index in [1.54, 1.807) is 6.92 Å². The second kappa shape index (κ2) is 7.44. The Morgan fingerprint density at radius 2 is 1.65 bits per heavy atom. The van der Waals surface area contributed by atoms with E-state index in [0.29, 0.717) is 12.1 Å². The van der Waals surface area contributed by atoms with Gasteiger partial charge in [0.1, 0.15) is 0 Å². The second-order valence-electron chi connectivity index (χ2n) is 7.16. The van der Waals surface area contributed by atoms with Gasteiger partial charge in [-0.05, 0) is 43.9 Å². The molecule has 2 unspecified atom stereocenters. The molecule has 3 nitrogen and oxygen atoms in total. The van der Waals surface area contributed by atoms with Crippen LogP contribution in [0.5, 0.6) is 0 Å². The zero-order valence-electron chi connectivity index (χ0n) is 13.5. The van der Waals surface area contributed by atoms with Gasteiger partial charge in [0.2, 0.25) is 5.91 Å². The van der Waals surface area contributed by atoms with Gasteiger partial charge in [-0.2, -0.15) is 0 Å². The van der Waals surface area contributed by atoms with Gasteiger partial charge in [0.05, 0.1) is 0 Å². The number of carbonyl (C=O) groups excluding carboxylic acids is 1. The molecule has 3 heteroatoms. The van der Waals surface area contributed by atoms with Gasteiger partial charge in [0.25, 0.3) is 0 Å². The molecular formula is C17H32N2O. The predicted molar refractivity (Wildman–Crippen MR) is 83.6 cm³/mol. The Bertz CT molecular complexity index is 308. The lowest BCUT2D eigenvalue weighted by Gasteiger charge is -2.34. The number of hydrogen-bond donors (Lipinski definition) is 1. The molecule has 2 fully saturated rings. The molecule has 0 spiro atoms. The molecule has 1 saturated carbocycles. The van der Waals surface area contributed by atoms with Crippen LogP contribution in [0.15, 0.2) is 0 Å². The summed E-state index contributed by atoms with van der Waals surface area (Å²) in [5.41, 5.74) is 0. The molecule has 0 aromatic rings. The molecule has 1 aliphatic carbocycles. The summed E-state index contributed by atoms with van der Waals surface area (Å²) in [7, 11) is 0. The number of nitrogens with one attached hydrogen (secondary N) is 1. The molecule has 0 bridgehead atoms. The number of piperidine rings is 1. The molecule has 1 N–H and O–H groups in total. The van der Waals surface area contributed by atoms with Crippen molar-refractivity contribution in [3.8, 4) is 0 Å². The standard InChI is InChI=1S/C17H32N2O/c1-13(2)15-5-4-6-16(8-7-15)18-17-9-11-19(12-10-17)14(3)20/h13,15-18H,4-12H2,1-3H3. The zero-order valence-corrected chi connectivity index (χ0v) is 13.5. The van der Waals surface area contributed by atoms with Gasteiger partial charge >= 0.3 is 0 Å². The third-order valence-corrected chi connectivity index (χ3v) is 5.37. The van der Waals surface area contributed by atoms with Crippen molar-refractivity contribution in [2.45, 2.75) is 77.8 Å². The molecule has 2 aliphatic rings. The largest absolute Gasteiger partial charge is 0.343 e. The van der Waals surface area contributed by atoms with Crippen molar-refractivity contribution in [3.63, 3.8) is 0 Å². The number of likely N-dealkylation sites (tertiary alicyclic amines) is 1. The van der Waals surface area contributed by atoms with Crippen molar-refractivity contribution in [2.75, 3.05) is 13.1 Å². The van der Waals surface area contributed by atoms with Crippen LogP contribution in [0.2, 0.25) is 0 Å². The Hall–Kier alpha value is -0.570. The maximum Gasteiger partial charge on any atom is 0.219 e. The quantitative estimate of drug-likeness (QED) is 0.805. The fourth-order valence-corrected chi connectivity index (χ4v) is 3.86. The van der Waals surface area contributed by atoms with Crippen molar-refractivity contribution < 1.29 is 4.79 Å². The van der Waals surface area contributed by atoms with Crippen molar-refractivity contribution in [2.24, 2.45) is 11.8 Å². The van der Waals surface area contributed by atoms with Crippen molar-refractivity contribution in [3.05, 3.63) is 0 Å². The van der Waals surface area contributed by atoms with E-state index < -0.39 is 0 Å². The van der Waals surface area contributed by atoms with Gasteiger partial charge in [-0.3, -0.25) is 4.79 Å². The normalized spacial score (nSPS) is 29.5. The van der Waals surface area contributed by atoms with E-state index in [4.69, 9.17) is 0 Å². The summed E-state index contributed by atoms with van der Waals surface area (Å²) in [4.78, 5) is 13.3. The van der Waals surface area contributed by atoms with E-state index >= 15 is 0 Å². The first-order chi connectivity index (χ1) is 9.56. The monoisotopic (exact) mass is 280 g/mol. The van der Waals surface area contributed by atoms with Crippen LogP contribution in [0, 0.1) is 11.8 Å². The van der Waals surface area contributed by atoms with Gasteiger partial charge < -0.3 is 10.2 Å². The Morgan fingerprint density at radius 1 is 1.00 bits per heavy atom. The summed E-state index contributed by atoms with van der Waals surface area (Å²) in [6, 6.07) is 1.35. The van der Waals surface area contributed by atoms with Gasteiger partial charge in [-0.25, -0.2) is 0 Å². The molecule has 1 heterocycles. The third kappa shape index (κ3) is 4.47. The lowest BCUT2D eigenvalue weighted by Crippen LogP contribution is -2.47. The van der Waals surface area contributed by atoms with Gasteiger partial charge in [-0.15, -0.1) is 0 Å². The molecule has 1 amide bonds. The summed E-state index contributed by atoms with van der Waals surface area (Å²) in [6.45, 7) is 8.31. The summed E-state index contributed by atoms with van der Waals surface area (Å²) in [6.07, 6.45) is 9.13. The fraction of sp³-hybridized carbons (Fsp3) is 0.941. The Morgan fingerprint density at radius 3 is 2.25 bits per heavy atom. The van der Waals surface area contributed by atoms with E-state index in [-0.39, 0.29) is 5.91 Å². The Kier molecular flexibility index (Phi) is 5.88. The molecule has 1 saturated heterocycles. The van der Waals surface area contributed by atoms with Crippen LogP contribution in [0.25, 0.3) is 0 Å². The van der Waals surface area contributed by atoms with E-state index in [2.05, 4.69) is 19.2 Å². The van der Waals surface area contributed by atoms with Crippen molar-refractivity contribution in [1.82, 2.24) is 10.2 Å². The van der Waals surface area contributed by atoms with Crippen LogP contribution < -0.4 is 5.32 Å². The highest BCUT2D eigenvalue weighted by Gasteiger charge is 2.25. The molecule has 1 aliphatic heterocycles. The number of rotatable bonds is 3. The minimum Gasteiger partial charge on any atom is -0.343 e. The SMILES string of the molecule is CC(=O)N1CCC(NC2CCCC(C(C)C)CC2)CC1. The fourth-order valence-electron chi connectivity index (χ4n) is 3.86. The Labute approximate surface area is 124 Å². The number of hydrogen-bond acceptors (Lipinski definition) is 2. The molecule has 0 aromatic heterocycles. The summed E-state index contributed by atoms with van der Waals surface area (Å²) < 4.78 is 0. The number of nitrogens with zero attached hydrogens (tertiary/aromatic N) is 1. The average Bonchev–Trinajstić information content (AvgIpc) is 2.65. The first-order valence-electron chi connectivity index (χ1n) is 8.58. The first-order valence-corrected chi connectivity index (χ1v) is 8.58. The lowest BCUT2D eigenvalue weighted by molar-refractivity contribution is -0.129. The van der Waals surface area contributed by atoms with Crippen molar-refractivity contribution >= 4 is 5.91 Å². The van der Waals surface area contributed by atoms with E-state index in [1.807, 2.05) is 4.90 Å². The number of carbonyl (C=O) groups is 1. The Balaban J connectivity index is 1.73. The van der Waals surface area contributed by atoms with Crippen LogP contribution >= 0.6 is 0 Å². The van der Waals surface area contributed by atoms with E-state index in [0.717, 1.165) is 37.8 Å². The van der Waals surface area contributed by atoms with Crippen LogP contribution in [-0.4, -0.2) is 36.0 Å². The highest BCUT2D eigenvalue weighted by molar-refractivity contribution is 5.73. The molecular weight excluding hydrogens is 248 g/mol. The van der Waals surface area contributed by atoms with Gasteiger partial charge in [-0.1, -0.05) is 26.7 Å². The second-order valence-corrected chi connectivity index (χ2v) is 7.16. The predicted octanol–water partition coefficient (Wildman–Crippen LogP) is 3.19. The summed E-state index contributed by atoms with van der Waals surface area (Å²) in [5, 5.41) is 3.88. The molecule has 0 aromatic carbocycles. The summed E-state index contributed by atoms with van der Waals surface area (Å²) in [5.74, 6) is 2.01. The van der Waals surface area contributed by atoms with E-state index in [1.165, 1.54) is 32.1 Å². The summed E-state index contributed by atoms with van der Waals surface area (Å²) >= 11 is 0. The maximum atomic E-state index is 11.3. The highest BCUT2D eigenvalue weighted by Crippen LogP contribution is 2.29. The molecule has 2 rings (SSSR count). The molecule has 20 heavy (non-hydrogen) atoms. The average molecular weight is 280 g/mol. The maximum absolute atomic E-state index is 11.3. The van der Waals surface area contributed by atoms with Crippen LogP contribution in [0.4, 0.5) is 0 Å². The van der Waals surface area contributed by atoms with Gasteiger partial charge in [0, 0.05) is 32.1 Å². The van der Waals surface area contributed by atoms with E-state index in [9.17, 15) is 4.79 Å². The number of amides is 1. The molecule has 116 valence electrons. The minimum absolute atomic E-state index is 0.234. The third-order valence-electron chi connectivity index (χ3n) is 5.37. The van der Waals surface area contributed by atoms with Crippen LogP contribution in [-0.2, 0) is 4.79 Å². The van der Waals surface area contributed by atoms with Crippen LogP contribution in [0.1, 0.15) is 65.7 Å². The smallest absolute Gasteiger partial charge is 0.219 e.